The number of benzene rings is 11. The van der Waals surface area contributed by atoms with E-state index in [-0.39, 0.29) is 0 Å². The Bertz CT molecular complexity index is 3280. The molecule has 0 aromatic heterocycles. The summed E-state index contributed by atoms with van der Waals surface area (Å²) in [5.74, 6) is 0. The van der Waals surface area contributed by atoms with E-state index < -0.39 is 0 Å². The quantitative estimate of drug-likeness (QED) is 0.139. The number of hydrogen-bond donors (Lipinski definition) is 0. The predicted molar refractivity (Wildman–Crippen MR) is 261 cm³/mol. The Balaban J connectivity index is 1.16. The van der Waals surface area contributed by atoms with Gasteiger partial charge in [-0.1, -0.05) is 212 Å². The fraction of sp³-hybridized carbons (Fsp3) is 0. The summed E-state index contributed by atoms with van der Waals surface area (Å²) >= 11 is 0. The Morgan fingerprint density at radius 3 is 1.20 bits per heavy atom. The molecule has 0 amide bonds. The average Bonchev–Trinajstić information content (AvgIpc) is 3.35. The molecule has 1 heteroatoms. The number of anilines is 3. The summed E-state index contributed by atoms with van der Waals surface area (Å²) in [6.45, 7) is 0. The van der Waals surface area contributed by atoms with Crippen molar-refractivity contribution in [3.05, 3.63) is 249 Å². The van der Waals surface area contributed by atoms with Crippen LogP contribution in [0.15, 0.2) is 249 Å². The molecule has 11 aromatic carbocycles. The van der Waals surface area contributed by atoms with Gasteiger partial charge in [0.15, 0.2) is 0 Å². The highest BCUT2D eigenvalue weighted by Crippen LogP contribution is 2.47. The molecule has 0 bridgehead atoms. The van der Waals surface area contributed by atoms with E-state index in [0.29, 0.717) is 0 Å². The molecule has 61 heavy (non-hydrogen) atoms. The van der Waals surface area contributed by atoms with Crippen LogP contribution in [0.25, 0.3) is 88.0 Å². The lowest BCUT2D eigenvalue weighted by Gasteiger charge is -2.29. The minimum Gasteiger partial charge on any atom is -0.310 e. The van der Waals surface area contributed by atoms with Crippen molar-refractivity contribution in [2.75, 3.05) is 4.90 Å². The number of nitrogens with zero attached hydrogens (tertiary/aromatic N) is 1. The molecular weight excluding hydrogens is 735 g/mol. The highest BCUT2D eigenvalue weighted by molar-refractivity contribution is 6.25. The monoisotopic (exact) mass is 775 g/mol. The third-order valence-electron chi connectivity index (χ3n) is 12.1. The molecular formula is C60H41N. The Morgan fingerprint density at radius 1 is 0.213 bits per heavy atom. The van der Waals surface area contributed by atoms with Gasteiger partial charge in [0.1, 0.15) is 0 Å². The van der Waals surface area contributed by atoms with E-state index in [2.05, 4.69) is 254 Å². The first-order valence-electron chi connectivity index (χ1n) is 21.0. The Kier molecular flexibility index (Phi) is 9.26. The first-order chi connectivity index (χ1) is 30.3. The van der Waals surface area contributed by atoms with Gasteiger partial charge in [-0.05, 0) is 119 Å². The summed E-state index contributed by atoms with van der Waals surface area (Å²) in [6.07, 6.45) is 0. The molecule has 286 valence electrons. The average molecular weight is 776 g/mol. The van der Waals surface area contributed by atoms with Gasteiger partial charge in [-0.3, -0.25) is 0 Å². The normalized spacial score (nSPS) is 11.3. The summed E-state index contributed by atoms with van der Waals surface area (Å²) < 4.78 is 0. The van der Waals surface area contributed by atoms with Crippen molar-refractivity contribution in [3.63, 3.8) is 0 Å². The summed E-state index contributed by atoms with van der Waals surface area (Å²) in [5, 5.41) is 7.55. The van der Waals surface area contributed by atoms with Crippen molar-refractivity contribution in [3.8, 4) is 55.6 Å². The molecule has 0 radical (unpaired) electrons. The van der Waals surface area contributed by atoms with Crippen LogP contribution in [0, 0.1) is 0 Å². The van der Waals surface area contributed by atoms with E-state index in [1.165, 1.54) is 71.3 Å². The second-order valence-electron chi connectivity index (χ2n) is 15.6. The Morgan fingerprint density at radius 2 is 0.623 bits per heavy atom. The molecule has 1 nitrogen and oxygen atoms in total. The molecule has 0 saturated heterocycles. The van der Waals surface area contributed by atoms with Gasteiger partial charge in [0.25, 0.3) is 0 Å². The van der Waals surface area contributed by atoms with Gasteiger partial charge in [-0.25, -0.2) is 0 Å². The van der Waals surface area contributed by atoms with Gasteiger partial charge in [0.05, 0.1) is 5.69 Å². The summed E-state index contributed by atoms with van der Waals surface area (Å²) in [5.41, 5.74) is 15.2. The minimum atomic E-state index is 1.09. The van der Waals surface area contributed by atoms with E-state index in [1.54, 1.807) is 0 Å². The van der Waals surface area contributed by atoms with Crippen molar-refractivity contribution < 1.29 is 0 Å². The molecule has 0 N–H and O–H groups in total. The van der Waals surface area contributed by atoms with Crippen molar-refractivity contribution in [1.29, 1.82) is 0 Å². The van der Waals surface area contributed by atoms with E-state index in [4.69, 9.17) is 0 Å². The molecule has 0 spiro atoms. The van der Waals surface area contributed by atoms with Crippen LogP contribution in [0.4, 0.5) is 17.1 Å². The SMILES string of the molecule is c1ccc(-c2ccc(N(c3ccc4c5ccccc5c5ccccc5c4c3)c3ccc(-c4cccc(-c5ccccc5)c4-c4ccccc4)cc3-c3ccccc3)cc2)cc1. The molecule has 0 saturated carbocycles. The molecule has 11 aromatic rings. The second kappa shape index (κ2) is 15.6. The Labute approximate surface area is 357 Å². The maximum atomic E-state index is 2.45. The van der Waals surface area contributed by atoms with Crippen LogP contribution < -0.4 is 4.90 Å². The van der Waals surface area contributed by atoms with Crippen LogP contribution in [0.3, 0.4) is 0 Å². The van der Waals surface area contributed by atoms with Crippen molar-refractivity contribution in [2.45, 2.75) is 0 Å². The summed E-state index contributed by atoms with van der Waals surface area (Å²) in [6, 6.07) is 90.5. The van der Waals surface area contributed by atoms with Crippen LogP contribution in [-0.4, -0.2) is 0 Å². The lowest BCUT2D eigenvalue weighted by Crippen LogP contribution is -2.11. The second-order valence-corrected chi connectivity index (χ2v) is 15.6. The maximum absolute atomic E-state index is 2.45. The van der Waals surface area contributed by atoms with Gasteiger partial charge in [-0.2, -0.15) is 0 Å². The molecule has 0 atom stereocenters. The fourth-order valence-corrected chi connectivity index (χ4v) is 9.21. The smallest absolute Gasteiger partial charge is 0.0540 e. The molecule has 0 aliphatic rings. The molecule has 0 heterocycles. The molecule has 11 rings (SSSR count). The zero-order chi connectivity index (χ0) is 40.5. The summed E-state index contributed by atoms with van der Waals surface area (Å²) in [4.78, 5) is 2.45. The van der Waals surface area contributed by atoms with Crippen LogP contribution >= 0.6 is 0 Å². The van der Waals surface area contributed by atoms with Crippen molar-refractivity contribution in [2.24, 2.45) is 0 Å². The highest BCUT2D eigenvalue weighted by atomic mass is 15.1. The standard InChI is InChI=1S/C60H41N/c1-5-18-42(19-6-1)43-32-35-48(36-33-43)61(49-37-38-56-54-28-14-13-26-52(54)53-27-15-16-29-55(53)58(56)41-49)59-39-34-47(40-57(59)45-22-9-3-10-23-45)51-31-17-30-50(44-20-7-2-8-21-44)60(51)46-24-11-4-12-25-46/h1-41H. The van der Waals surface area contributed by atoms with Gasteiger partial charge < -0.3 is 4.90 Å². The van der Waals surface area contributed by atoms with E-state index in [0.717, 1.165) is 33.8 Å². The van der Waals surface area contributed by atoms with Crippen molar-refractivity contribution >= 4 is 49.4 Å². The zero-order valence-electron chi connectivity index (χ0n) is 33.6. The van der Waals surface area contributed by atoms with E-state index in [9.17, 15) is 0 Å². The van der Waals surface area contributed by atoms with Crippen LogP contribution in [0.2, 0.25) is 0 Å². The van der Waals surface area contributed by atoms with Gasteiger partial charge in [0.2, 0.25) is 0 Å². The highest BCUT2D eigenvalue weighted by Gasteiger charge is 2.22. The first kappa shape index (κ1) is 36.1. The third-order valence-corrected chi connectivity index (χ3v) is 12.1. The van der Waals surface area contributed by atoms with Gasteiger partial charge in [-0.15, -0.1) is 0 Å². The number of fused-ring (bicyclic) bond motifs is 6. The van der Waals surface area contributed by atoms with Crippen molar-refractivity contribution in [1.82, 2.24) is 0 Å². The topological polar surface area (TPSA) is 3.24 Å². The first-order valence-corrected chi connectivity index (χ1v) is 21.0. The van der Waals surface area contributed by atoms with Gasteiger partial charge >= 0.3 is 0 Å². The molecule has 0 fully saturated rings. The number of hydrogen-bond acceptors (Lipinski definition) is 1. The lowest BCUT2D eigenvalue weighted by molar-refractivity contribution is 1.29. The molecule has 0 aliphatic heterocycles. The van der Waals surface area contributed by atoms with Crippen LogP contribution in [0.1, 0.15) is 0 Å². The van der Waals surface area contributed by atoms with Crippen LogP contribution in [-0.2, 0) is 0 Å². The molecule has 0 unspecified atom stereocenters. The third kappa shape index (κ3) is 6.63. The predicted octanol–water partition coefficient (Wildman–Crippen LogP) is 17.0. The van der Waals surface area contributed by atoms with E-state index >= 15 is 0 Å². The molecule has 0 aliphatic carbocycles. The number of rotatable bonds is 8. The fourth-order valence-electron chi connectivity index (χ4n) is 9.21. The summed E-state index contributed by atoms with van der Waals surface area (Å²) in [7, 11) is 0. The largest absolute Gasteiger partial charge is 0.310 e. The zero-order valence-corrected chi connectivity index (χ0v) is 33.6. The van der Waals surface area contributed by atoms with Gasteiger partial charge in [0, 0.05) is 16.9 Å². The van der Waals surface area contributed by atoms with Crippen LogP contribution in [0.5, 0.6) is 0 Å². The minimum absolute atomic E-state index is 1.09. The van der Waals surface area contributed by atoms with E-state index in [1.807, 2.05) is 0 Å². The maximum Gasteiger partial charge on any atom is 0.0540 e. The Hall–Kier alpha value is -8.00. The lowest BCUT2D eigenvalue weighted by atomic mass is 9.86.